The van der Waals surface area contributed by atoms with E-state index in [1.54, 1.807) is 0 Å². The van der Waals surface area contributed by atoms with Crippen LogP contribution < -0.4 is 10.1 Å². The van der Waals surface area contributed by atoms with Crippen LogP contribution in [0.1, 0.15) is 39.9 Å². The van der Waals surface area contributed by atoms with Crippen molar-refractivity contribution in [1.29, 1.82) is 0 Å². The van der Waals surface area contributed by atoms with Crippen LogP contribution in [0.3, 0.4) is 0 Å². The molecule has 0 radical (unpaired) electrons. The average molecular weight is 380 g/mol. The SMILES string of the molecule is Cc1ccccc1C(=O)N1CCC(NC(=O)COc2cccc(C)c2C)CC1. The molecule has 1 heterocycles. The number of ether oxygens (including phenoxy) is 1. The van der Waals surface area contributed by atoms with E-state index in [-0.39, 0.29) is 24.5 Å². The molecule has 1 aliphatic rings. The molecule has 0 unspecified atom stereocenters. The summed E-state index contributed by atoms with van der Waals surface area (Å²) >= 11 is 0. The molecule has 0 aliphatic carbocycles. The van der Waals surface area contributed by atoms with E-state index < -0.39 is 0 Å². The van der Waals surface area contributed by atoms with Crippen LogP contribution in [-0.2, 0) is 4.79 Å². The molecule has 0 bridgehead atoms. The summed E-state index contributed by atoms with van der Waals surface area (Å²) in [5.74, 6) is 0.694. The lowest BCUT2D eigenvalue weighted by molar-refractivity contribution is -0.124. The molecule has 0 saturated carbocycles. The van der Waals surface area contributed by atoms with Crippen LogP contribution in [0.4, 0.5) is 0 Å². The molecule has 1 saturated heterocycles. The van der Waals surface area contributed by atoms with Gasteiger partial charge in [-0.05, 0) is 62.4 Å². The first-order chi connectivity index (χ1) is 13.5. The lowest BCUT2D eigenvalue weighted by atomic mass is 10.0. The minimum Gasteiger partial charge on any atom is -0.483 e. The number of piperidine rings is 1. The molecule has 0 atom stereocenters. The van der Waals surface area contributed by atoms with Gasteiger partial charge < -0.3 is 15.0 Å². The van der Waals surface area contributed by atoms with Gasteiger partial charge in [0.05, 0.1) is 0 Å². The van der Waals surface area contributed by atoms with Crippen LogP contribution in [-0.4, -0.2) is 42.5 Å². The monoisotopic (exact) mass is 380 g/mol. The van der Waals surface area contributed by atoms with Crippen molar-refractivity contribution in [3.8, 4) is 5.75 Å². The van der Waals surface area contributed by atoms with Gasteiger partial charge in [0.25, 0.3) is 11.8 Å². The number of hydrogen-bond acceptors (Lipinski definition) is 3. The molecule has 3 rings (SSSR count). The van der Waals surface area contributed by atoms with Crippen molar-refractivity contribution < 1.29 is 14.3 Å². The van der Waals surface area contributed by atoms with E-state index >= 15 is 0 Å². The van der Waals surface area contributed by atoms with Gasteiger partial charge in [-0.25, -0.2) is 0 Å². The fourth-order valence-electron chi connectivity index (χ4n) is 3.50. The molecule has 1 fully saturated rings. The third-order valence-electron chi connectivity index (χ3n) is 5.44. The number of benzene rings is 2. The lowest BCUT2D eigenvalue weighted by Gasteiger charge is -2.32. The standard InChI is InChI=1S/C23H28N2O3/c1-16-8-6-10-21(18(16)3)28-15-22(26)24-19-11-13-25(14-12-19)23(27)20-9-5-4-7-17(20)2/h4-10,19H,11-15H2,1-3H3,(H,24,26). The van der Waals surface area contributed by atoms with Gasteiger partial charge in [-0.15, -0.1) is 0 Å². The zero-order valence-corrected chi connectivity index (χ0v) is 16.8. The fourth-order valence-corrected chi connectivity index (χ4v) is 3.50. The zero-order chi connectivity index (χ0) is 20.1. The summed E-state index contributed by atoms with van der Waals surface area (Å²) in [6.45, 7) is 7.27. The van der Waals surface area contributed by atoms with E-state index in [4.69, 9.17) is 4.74 Å². The molecule has 0 spiro atoms. The number of nitrogens with one attached hydrogen (secondary N) is 1. The topological polar surface area (TPSA) is 58.6 Å². The maximum absolute atomic E-state index is 12.7. The molecule has 2 aromatic rings. The zero-order valence-electron chi connectivity index (χ0n) is 16.8. The molecule has 1 N–H and O–H groups in total. The first-order valence-electron chi connectivity index (χ1n) is 9.79. The third kappa shape index (κ3) is 4.71. The Morgan fingerprint density at radius 2 is 1.68 bits per heavy atom. The van der Waals surface area contributed by atoms with Crippen molar-refractivity contribution >= 4 is 11.8 Å². The van der Waals surface area contributed by atoms with Crippen molar-refractivity contribution in [2.45, 2.75) is 39.7 Å². The Kier molecular flexibility index (Phi) is 6.34. The summed E-state index contributed by atoms with van der Waals surface area (Å²) in [7, 11) is 0. The number of aryl methyl sites for hydroxylation is 2. The Labute approximate surface area is 166 Å². The highest BCUT2D eigenvalue weighted by Gasteiger charge is 2.25. The van der Waals surface area contributed by atoms with Gasteiger partial charge >= 0.3 is 0 Å². The summed E-state index contributed by atoms with van der Waals surface area (Å²) in [5, 5.41) is 3.03. The predicted molar refractivity (Wildman–Crippen MR) is 110 cm³/mol. The van der Waals surface area contributed by atoms with Crippen LogP contribution in [0.2, 0.25) is 0 Å². The fraction of sp³-hybridized carbons (Fsp3) is 0.391. The van der Waals surface area contributed by atoms with E-state index in [1.165, 1.54) is 0 Å². The van der Waals surface area contributed by atoms with E-state index in [0.29, 0.717) is 13.1 Å². The minimum absolute atomic E-state index is 0.00660. The number of likely N-dealkylation sites (tertiary alicyclic amines) is 1. The number of hydrogen-bond donors (Lipinski definition) is 1. The largest absolute Gasteiger partial charge is 0.483 e. The Morgan fingerprint density at radius 1 is 1.00 bits per heavy atom. The molecule has 28 heavy (non-hydrogen) atoms. The minimum atomic E-state index is -0.121. The first-order valence-corrected chi connectivity index (χ1v) is 9.79. The Hall–Kier alpha value is -2.82. The molecule has 2 amide bonds. The Balaban J connectivity index is 1.46. The normalized spacial score (nSPS) is 14.6. The maximum atomic E-state index is 12.7. The summed E-state index contributed by atoms with van der Waals surface area (Å²) in [4.78, 5) is 26.8. The number of amides is 2. The van der Waals surface area contributed by atoms with Crippen molar-refractivity contribution in [3.05, 3.63) is 64.7 Å². The van der Waals surface area contributed by atoms with E-state index in [9.17, 15) is 9.59 Å². The molecular formula is C23H28N2O3. The van der Waals surface area contributed by atoms with Crippen molar-refractivity contribution in [2.24, 2.45) is 0 Å². The van der Waals surface area contributed by atoms with Crippen LogP contribution in [0, 0.1) is 20.8 Å². The average Bonchev–Trinajstić information content (AvgIpc) is 2.69. The summed E-state index contributed by atoms with van der Waals surface area (Å²) in [6.07, 6.45) is 1.51. The summed E-state index contributed by atoms with van der Waals surface area (Å²) in [6, 6.07) is 13.6. The lowest BCUT2D eigenvalue weighted by Crippen LogP contribution is -2.47. The number of carbonyl (C=O) groups excluding carboxylic acids is 2. The number of rotatable bonds is 5. The predicted octanol–water partition coefficient (Wildman–Crippen LogP) is 3.41. The van der Waals surface area contributed by atoms with Crippen molar-refractivity contribution in [3.63, 3.8) is 0 Å². The van der Waals surface area contributed by atoms with Gasteiger partial charge in [-0.2, -0.15) is 0 Å². The second kappa shape index (κ2) is 8.91. The first kappa shape index (κ1) is 19.9. The maximum Gasteiger partial charge on any atom is 0.258 e. The molecule has 0 aromatic heterocycles. The van der Waals surface area contributed by atoms with Gasteiger partial charge in [0.15, 0.2) is 6.61 Å². The second-order valence-electron chi connectivity index (χ2n) is 7.44. The second-order valence-corrected chi connectivity index (χ2v) is 7.44. The van der Waals surface area contributed by atoms with Crippen molar-refractivity contribution in [2.75, 3.05) is 19.7 Å². The molecular weight excluding hydrogens is 352 g/mol. The van der Waals surface area contributed by atoms with Gasteiger partial charge in [0, 0.05) is 24.7 Å². The Morgan fingerprint density at radius 3 is 2.39 bits per heavy atom. The summed E-state index contributed by atoms with van der Waals surface area (Å²) in [5.41, 5.74) is 3.94. The number of carbonyl (C=O) groups is 2. The molecule has 148 valence electrons. The van der Waals surface area contributed by atoms with Crippen molar-refractivity contribution in [1.82, 2.24) is 10.2 Å². The van der Waals surface area contributed by atoms with Crippen LogP contribution in [0.25, 0.3) is 0 Å². The molecule has 5 heteroatoms. The third-order valence-corrected chi connectivity index (χ3v) is 5.44. The van der Waals surface area contributed by atoms with Crippen LogP contribution in [0.15, 0.2) is 42.5 Å². The Bertz CT molecular complexity index is 855. The van der Waals surface area contributed by atoms with Gasteiger partial charge in [0.2, 0.25) is 0 Å². The van der Waals surface area contributed by atoms with E-state index in [1.807, 2.05) is 68.1 Å². The molecule has 2 aromatic carbocycles. The van der Waals surface area contributed by atoms with Crippen LogP contribution in [0.5, 0.6) is 5.75 Å². The van der Waals surface area contributed by atoms with Gasteiger partial charge in [0.1, 0.15) is 5.75 Å². The summed E-state index contributed by atoms with van der Waals surface area (Å²) < 4.78 is 5.67. The van der Waals surface area contributed by atoms with E-state index in [2.05, 4.69) is 5.32 Å². The van der Waals surface area contributed by atoms with Gasteiger partial charge in [-0.3, -0.25) is 9.59 Å². The highest BCUT2D eigenvalue weighted by molar-refractivity contribution is 5.95. The van der Waals surface area contributed by atoms with Crippen LogP contribution >= 0.6 is 0 Å². The smallest absolute Gasteiger partial charge is 0.258 e. The number of nitrogens with zero attached hydrogens (tertiary/aromatic N) is 1. The highest BCUT2D eigenvalue weighted by atomic mass is 16.5. The molecule has 5 nitrogen and oxygen atoms in total. The van der Waals surface area contributed by atoms with E-state index in [0.717, 1.165) is 40.8 Å². The molecule has 1 aliphatic heterocycles. The quantitative estimate of drug-likeness (QED) is 0.865. The highest BCUT2D eigenvalue weighted by Crippen LogP contribution is 2.20. The van der Waals surface area contributed by atoms with Gasteiger partial charge in [-0.1, -0.05) is 30.3 Å².